The maximum atomic E-state index is 13.2. The molecule has 2 heterocycles. The van der Waals surface area contributed by atoms with Crippen molar-refractivity contribution in [3.8, 4) is 5.75 Å². The number of alkyl halides is 1. The summed E-state index contributed by atoms with van der Waals surface area (Å²) >= 11 is 12.2. The first kappa shape index (κ1) is 21.1. The van der Waals surface area contributed by atoms with Gasteiger partial charge in [-0.1, -0.05) is 23.7 Å². The number of rotatable bonds is 5. The van der Waals surface area contributed by atoms with E-state index < -0.39 is 23.1 Å². The molecule has 31 heavy (non-hydrogen) atoms. The van der Waals surface area contributed by atoms with E-state index in [1.807, 2.05) is 0 Å². The molecule has 158 valence electrons. The van der Waals surface area contributed by atoms with Gasteiger partial charge in [0.05, 0.1) is 22.0 Å². The molecule has 9 heteroatoms. The Labute approximate surface area is 186 Å². The molecule has 2 unspecified atom stereocenters. The second-order valence-electron chi connectivity index (χ2n) is 7.04. The van der Waals surface area contributed by atoms with E-state index in [2.05, 4.69) is 10.3 Å². The van der Waals surface area contributed by atoms with Crippen LogP contribution in [0.4, 0.5) is 4.39 Å². The molecule has 2 N–H and O–H groups in total. The van der Waals surface area contributed by atoms with Crippen molar-refractivity contribution in [2.24, 2.45) is 4.99 Å². The number of aromatic hydroxyl groups is 1. The minimum atomic E-state index is -0.887. The summed E-state index contributed by atoms with van der Waals surface area (Å²) in [6, 6.07) is 9.74. The highest BCUT2D eigenvalue weighted by Gasteiger charge is 2.29. The number of phenols is 1. The number of hydrogen-bond acceptors (Lipinski definition) is 4. The molecule has 0 aliphatic carbocycles. The number of carbonyl (C=O) groups excluding carboxylic acids is 2. The number of nitrogens with zero attached hydrogens (tertiary/aromatic N) is 2. The molecule has 0 radical (unpaired) electrons. The number of carbonyl (C=O) groups is 2. The van der Waals surface area contributed by atoms with Crippen molar-refractivity contribution in [3.63, 3.8) is 0 Å². The summed E-state index contributed by atoms with van der Waals surface area (Å²) in [5.41, 5.74) is 1.55. The van der Waals surface area contributed by atoms with E-state index in [0.717, 1.165) is 5.56 Å². The van der Waals surface area contributed by atoms with Crippen molar-refractivity contribution < 1.29 is 19.1 Å². The molecule has 6 nitrogen and oxygen atoms in total. The number of ketones is 1. The fraction of sp³-hybridized carbons (Fsp3) is 0.136. The summed E-state index contributed by atoms with van der Waals surface area (Å²) in [7, 11) is 0. The summed E-state index contributed by atoms with van der Waals surface area (Å²) in [5, 5.41) is 12.4. The Hall–Kier alpha value is -3.16. The first-order valence-corrected chi connectivity index (χ1v) is 10.1. The van der Waals surface area contributed by atoms with Crippen LogP contribution in [0.25, 0.3) is 10.9 Å². The largest absolute Gasteiger partial charge is 0.508 e. The molecular weight excluding hydrogens is 444 g/mol. The van der Waals surface area contributed by atoms with E-state index in [0.29, 0.717) is 17.4 Å². The van der Waals surface area contributed by atoms with Crippen LogP contribution in [0, 0.1) is 5.82 Å². The minimum Gasteiger partial charge on any atom is -0.508 e. The summed E-state index contributed by atoms with van der Waals surface area (Å²) in [6.45, 7) is 0.341. The minimum absolute atomic E-state index is 0.0446. The van der Waals surface area contributed by atoms with Crippen molar-refractivity contribution in [1.29, 1.82) is 0 Å². The lowest BCUT2D eigenvalue weighted by molar-refractivity contribution is -0.117. The van der Waals surface area contributed by atoms with Gasteiger partial charge in [-0.15, -0.1) is 11.6 Å². The molecule has 1 amide bonds. The third-order valence-corrected chi connectivity index (χ3v) is 5.61. The molecule has 0 saturated heterocycles. The molecule has 0 bridgehead atoms. The number of nitrogens with one attached hydrogen (secondary N) is 1. The van der Waals surface area contributed by atoms with Gasteiger partial charge in [-0.3, -0.25) is 14.6 Å². The second-order valence-corrected chi connectivity index (χ2v) is 7.98. The van der Waals surface area contributed by atoms with Crippen molar-refractivity contribution in [2.45, 2.75) is 18.0 Å². The fourth-order valence-corrected chi connectivity index (χ4v) is 3.95. The van der Waals surface area contributed by atoms with Gasteiger partial charge in [-0.25, -0.2) is 4.39 Å². The third kappa shape index (κ3) is 4.33. The van der Waals surface area contributed by atoms with Crippen LogP contribution in [0.15, 0.2) is 64.9 Å². The van der Waals surface area contributed by atoms with Crippen LogP contribution >= 0.6 is 23.2 Å². The number of phenolic OH excluding ortho intramolecular Hbond substituents is 1. The van der Waals surface area contributed by atoms with Crippen LogP contribution in [-0.4, -0.2) is 39.0 Å². The molecule has 1 aliphatic heterocycles. The molecule has 4 rings (SSSR count). The highest BCUT2D eigenvalue weighted by atomic mass is 35.5. The van der Waals surface area contributed by atoms with E-state index in [4.69, 9.17) is 23.2 Å². The lowest BCUT2D eigenvalue weighted by Gasteiger charge is -2.22. The standard InChI is InChI=1S/C22H16Cl2FN3O3/c23-17-8-26-9-18(24)20(17)27-22(31)21(30)16-11-28(10-12-1-3-13(25)4-2-12)19-6-5-14(29)7-15(16)19/h1-9,11,17,20,29H,10H2,(H,27,31). The maximum absolute atomic E-state index is 13.2. The van der Waals surface area contributed by atoms with Gasteiger partial charge in [-0.2, -0.15) is 0 Å². The Morgan fingerprint density at radius 3 is 2.65 bits per heavy atom. The predicted octanol–water partition coefficient (Wildman–Crippen LogP) is 3.97. The van der Waals surface area contributed by atoms with Gasteiger partial charge < -0.3 is 15.0 Å². The lowest BCUT2D eigenvalue weighted by atomic mass is 10.1. The van der Waals surface area contributed by atoms with Gasteiger partial charge in [0, 0.05) is 36.1 Å². The van der Waals surface area contributed by atoms with Gasteiger partial charge in [-0.05, 0) is 35.9 Å². The van der Waals surface area contributed by atoms with Crippen LogP contribution in [0.3, 0.4) is 0 Å². The number of Topliss-reactive ketones (excluding diaryl/α,β-unsaturated/α-hetero) is 1. The third-order valence-electron chi connectivity index (χ3n) is 4.91. The number of fused-ring (bicyclic) bond motifs is 1. The normalized spacial score (nSPS) is 18.1. The highest BCUT2D eigenvalue weighted by Crippen LogP contribution is 2.27. The monoisotopic (exact) mass is 459 g/mol. The Bertz CT molecular complexity index is 1230. The topological polar surface area (TPSA) is 83.7 Å². The second kappa shape index (κ2) is 8.53. The molecule has 2 aromatic carbocycles. The van der Waals surface area contributed by atoms with Gasteiger partial charge in [0.15, 0.2) is 0 Å². The number of benzene rings is 2. The molecule has 0 fully saturated rings. The quantitative estimate of drug-likeness (QED) is 0.343. The number of amides is 1. The zero-order chi connectivity index (χ0) is 22.1. The Balaban J connectivity index is 1.66. The first-order valence-electron chi connectivity index (χ1n) is 9.28. The van der Waals surface area contributed by atoms with Crippen LogP contribution in [-0.2, 0) is 11.3 Å². The van der Waals surface area contributed by atoms with Gasteiger partial charge in [0.1, 0.15) is 11.6 Å². The molecule has 3 aromatic rings. The number of aliphatic imine (C=N–C) groups is 1. The molecule has 2 atom stereocenters. The van der Waals surface area contributed by atoms with Gasteiger partial charge in [0.25, 0.3) is 11.7 Å². The first-order chi connectivity index (χ1) is 14.8. The van der Waals surface area contributed by atoms with Crippen molar-refractivity contribution in [1.82, 2.24) is 9.88 Å². The predicted molar refractivity (Wildman–Crippen MR) is 117 cm³/mol. The fourth-order valence-electron chi connectivity index (χ4n) is 3.38. The van der Waals surface area contributed by atoms with Gasteiger partial charge in [0.2, 0.25) is 0 Å². The number of aromatic nitrogens is 1. The summed E-state index contributed by atoms with van der Waals surface area (Å²) in [5.74, 6) is -2.08. The maximum Gasteiger partial charge on any atom is 0.293 e. The number of halogens is 3. The van der Waals surface area contributed by atoms with Crippen LogP contribution in [0.1, 0.15) is 15.9 Å². The smallest absolute Gasteiger partial charge is 0.293 e. The lowest BCUT2D eigenvalue weighted by Crippen LogP contribution is -2.45. The summed E-state index contributed by atoms with van der Waals surface area (Å²) in [6.07, 6.45) is 4.30. The van der Waals surface area contributed by atoms with E-state index in [-0.39, 0.29) is 22.2 Å². The van der Waals surface area contributed by atoms with Crippen LogP contribution in [0.5, 0.6) is 5.75 Å². The van der Waals surface area contributed by atoms with E-state index in [9.17, 15) is 19.1 Å². The van der Waals surface area contributed by atoms with Crippen molar-refractivity contribution >= 4 is 52.0 Å². The van der Waals surface area contributed by atoms with E-state index in [1.165, 1.54) is 42.9 Å². The SMILES string of the molecule is O=C(NC1C(Cl)=CN=CC1Cl)C(=O)c1cn(Cc2ccc(F)cc2)c2ccc(O)cc12. The number of hydrogen-bond donors (Lipinski definition) is 2. The molecule has 0 saturated carbocycles. The Kier molecular flexibility index (Phi) is 5.80. The van der Waals surface area contributed by atoms with Gasteiger partial charge >= 0.3 is 0 Å². The van der Waals surface area contributed by atoms with Crippen molar-refractivity contribution in [3.05, 3.63) is 76.8 Å². The highest BCUT2D eigenvalue weighted by molar-refractivity contribution is 6.45. The summed E-state index contributed by atoms with van der Waals surface area (Å²) in [4.78, 5) is 29.5. The Morgan fingerprint density at radius 2 is 1.94 bits per heavy atom. The zero-order valence-corrected chi connectivity index (χ0v) is 17.4. The van der Waals surface area contributed by atoms with Crippen molar-refractivity contribution in [2.75, 3.05) is 0 Å². The molecule has 0 spiro atoms. The molecule has 1 aliphatic rings. The Morgan fingerprint density at radius 1 is 1.19 bits per heavy atom. The van der Waals surface area contributed by atoms with E-state index in [1.54, 1.807) is 22.8 Å². The molecule has 1 aromatic heterocycles. The zero-order valence-electron chi connectivity index (χ0n) is 15.9. The summed E-state index contributed by atoms with van der Waals surface area (Å²) < 4.78 is 15.0. The average Bonchev–Trinajstić information content (AvgIpc) is 3.09. The average molecular weight is 460 g/mol. The van der Waals surface area contributed by atoms with E-state index >= 15 is 0 Å². The van der Waals surface area contributed by atoms with Crippen LogP contribution < -0.4 is 5.32 Å². The van der Waals surface area contributed by atoms with Crippen LogP contribution in [0.2, 0.25) is 0 Å². The molecular formula is C22H16Cl2FN3O3.